The number of amidine groups is 2. The van der Waals surface area contributed by atoms with Gasteiger partial charge in [-0.05, 0) is 61.7 Å². The molecule has 0 bridgehead atoms. The monoisotopic (exact) mass is 661 g/mol. The molecule has 0 spiro atoms. The van der Waals surface area contributed by atoms with Gasteiger partial charge >= 0.3 is 0 Å². The average Bonchev–Trinajstić information content (AvgIpc) is 3.24. The van der Waals surface area contributed by atoms with E-state index in [0.717, 1.165) is 21.6 Å². The van der Waals surface area contributed by atoms with E-state index in [9.17, 15) is 19.8 Å². The van der Waals surface area contributed by atoms with Gasteiger partial charge in [-0.3, -0.25) is 30.3 Å². The number of benzene rings is 2. The summed E-state index contributed by atoms with van der Waals surface area (Å²) < 4.78 is 0. The molecule has 0 saturated heterocycles. The van der Waals surface area contributed by atoms with Gasteiger partial charge in [0.25, 0.3) is 0 Å². The molecule has 1 aliphatic heterocycles. The Kier molecular flexibility index (Phi) is 11.4. The Morgan fingerprint density at radius 1 is 1.13 bits per heavy atom. The SMILES string of the molecule is CC(=N)N1C(=N)[C@H](CC(=O)NCCC(=O)Nc2cc(CO)c(C#CCN)c(CO)c2)N=C(c2ccc(Cl)cc2)c2c1sc(C)c2C. The molecule has 2 heterocycles. The number of aliphatic imine (C=N–C) groups is 1. The maximum atomic E-state index is 13.1. The molecule has 2 amide bonds. The molecule has 0 saturated carbocycles. The van der Waals surface area contributed by atoms with Crippen LogP contribution in [0.25, 0.3) is 0 Å². The van der Waals surface area contributed by atoms with Crippen LogP contribution in [0.5, 0.6) is 0 Å². The molecule has 13 heteroatoms. The van der Waals surface area contributed by atoms with Crippen LogP contribution >= 0.6 is 22.9 Å². The molecular weight excluding hydrogens is 626 g/mol. The first-order valence-electron chi connectivity index (χ1n) is 14.5. The van der Waals surface area contributed by atoms with Crippen molar-refractivity contribution < 1.29 is 19.8 Å². The van der Waals surface area contributed by atoms with Crippen molar-refractivity contribution in [3.8, 4) is 11.8 Å². The Bertz CT molecular complexity index is 1750. The summed E-state index contributed by atoms with van der Waals surface area (Å²) in [5.41, 5.74) is 10.4. The number of fused-ring (bicyclic) bond motifs is 1. The van der Waals surface area contributed by atoms with Gasteiger partial charge in [0.05, 0.1) is 31.9 Å². The van der Waals surface area contributed by atoms with E-state index in [1.165, 1.54) is 16.2 Å². The van der Waals surface area contributed by atoms with Crippen molar-refractivity contribution in [3.63, 3.8) is 0 Å². The quantitative estimate of drug-likeness (QED) is 0.104. The van der Waals surface area contributed by atoms with Crippen molar-refractivity contribution in [2.45, 2.75) is 52.9 Å². The van der Waals surface area contributed by atoms with Crippen LogP contribution in [0.4, 0.5) is 10.7 Å². The number of halogens is 1. The first-order valence-corrected chi connectivity index (χ1v) is 15.7. The Morgan fingerprint density at radius 3 is 2.37 bits per heavy atom. The van der Waals surface area contributed by atoms with Crippen LogP contribution in [0.3, 0.4) is 0 Å². The van der Waals surface area contributed by atoms with E-state index < -0.39 is 11.9 Å². The third-order valence-electron chi connectivity index (χ3n) is 7.40. The molecule has 8 N–H and O–H groups in total. The van der Waals surface area contributed by atoms with Gasteiger partial charge in [0.2, 0.25) is 11.8 Å². The van der Waals surface area contributed by atoms with E-state index in [1.54, 1.807) is 31.2 Å². The van der Waals surface area contributed by atoms with Gasteiger partial charge in [0.15, 0.2) is 0 Å². The fourth-order valence-electron chi connectivity index (χ4n) is 5.06. The number of nitrogens with two attached hydrogens (primary N) is 1. The largest absolute Gasteiger partial charge is 0.392 e. The second-order valence-corrected chi connectivity index (χ2v) is 12.3. The number of hydrogen-bond donors (Lipinski definition) is 7. The molecule has 0 radical (unpaired) electrons. The predicted molar refractivity (Wildman–Crippen MR) is 183 cm³/mol. The smallest absolute Gasteiger partial charge is 0.226 e. The lowest BCUT2D eigenvalue weighted by Gasteiger charge is -2.24. The molecular formula is C33H36ClN7O4S. The Morgan fingerprint density at radius 2 is 1.78 bits per heavy atom. The highest BCUT2D eigenvalue weighted by Gasteiger charge is 2.34. The van der Waals surface area contributed by atoms with Crippen LogP contribution in [0.2, 0.25) is 5.02 Å². The fourth-order valence-corrected chi connectivity index (χ4v) is 6.41. The molecule has 4 rings (SSSR count). The minimum Gasteiger partial charge on any atom is -0.392 e. The first kappa shape index (κ1) is 34.5. The minimum atomic E-state index is -0.895. The van der Waals surface area contributed by atoms with E-state index in [1.807, 2.05) is 26.0 Å². The molecule has 240 valence electrons. The van der Waals surface area contributed by atoms with Gasteiger partial charge in [0.1, 0.15) is 22.7 Å². The van der Waals surface area contributed by atoms with E-state index in [4.69, 9.17) is 33.1 Å². The summed E-state index contributed by atoms with van der Waals surface area (Å²) in [7, 11) is 0. The zero-order valence-corrected chi connectivity index (χ0v) is 27.3. The van der Waals surface area contributed by atoms with Gasteiger partial charge in [0, 0.05) is 45.2 Å². The number of carbonyl (C=O) groups is 2. The molecule has 2 aromatic carbocycles. The Balaban J connectivity index is 1.49. The summed E-state index contributed by atoms with van der Waals surface area (Å²) >= 11 is 7.62. The molecule has 1 aliphatic rings. The summed E-state index contributed by atoms with van der Waals surface area (Å²) in [6, 6.07) is 9.46. The summed E-state index contributed by atoms with van der Waals surface area (Å²) in [5.74, 6) is 4.89. The predicted octanol–water partition coefficient (Wildman–Crippen LogP) is 3.85. The molecule has 3 aromatic rings. The number of hydrogen-bond acceptors (Lipinski definition) is 9. The molecule has 1 aromatic heterocycles. The zero-order valence-electron chi connectivity index (χ0n) is 25.8. The number of aliphatic hydroxyl groups is 2. The number of rotatable bonds is 9. The lowest BCUT2D eigenvalue weighted by molar-refractivity contribution is -0.121. The second kappa shape index (κ2) is 15.3. The maximum absolute atomic E-state index is 13.1. The number of carbonyl (C=O) groups excluding carboxylic acids is 2. The third kappa shape index (κ3) is 7.70. The fraction of sp³-hybridized carbons (Fsp3) is 0.303. The molecule has 0 fully saturated rings. The van der Waals surface area contributed by atoms with Gasteiger partial charge in [-0.15, -0.1) is 11.3 Å². The lowest BCUT2D eigenvalue weighted by atomic mass is 9.99. The summed E-state index contributed by atoms with van der Waals surface area (Å²) in [6.45, 7) is 5.02. The number of aliphatic hydroxyl groups excluding tert-OH is 2. The van der Waals surface area contributed by atoms with Crippen molar-refractivity contribution in [1.29, 1.82) is 10.8 Å². The molecule has 11 nitrogen and oxygen atoms in total. The van der Waals surface area contributed by atoms with E-state index in [2.05, 4.69) is 22.5 Å². The minimum absolute atomic E-state index is 0.00540. The number of nitrogens with one attached hydrogen (secondary N) is 4. The van der Waals surface area contributed by atoms with Crippen molar-refractivity contribution in [2.24, 2.45) is 10.7 Å². The summed E-state index contributed by atoms with van der Waals surface area (Å²) in [6.07, 6.45) is -0.217. The Labute approximate surface area is 276 Å². The van der Waals surface area contributed by atoms with Crippen LogP contribution in [-0.2, 0) is 22.8 Å². The topological polar surface area (TPSA) is 188 Å². The number of amides is 2. The second-order valence-electron chi connectivity index (χ2n) is 10.6. The molecule has 1 atom stereocenters. The van der Waals surface area contributed by atoms with Crippen LogP contribution in [0.1, 0.15) is 58.0 Å². The lowest BCUT2D eigenvalue weighted by Crippen LogP contribution is -2.42. The van der Waals surface area contributed by atoms with Crippen LogP contribution in [0.15, 0.2) is 41.4 Å². The highest BCUT2D eigenvalue weighted by Crippen LogP contribution is 2.40. The number of thiophene rings is 1. The van der Waals surface area contributed by atoms with Gasteiger partial charge in [-0.25, -0.2) is 0 Å². The Hall–Kier alpha value is -4.38. The molecule has 0 unspecified atom stereocenters. The third-order valence-corrected chi connectivity index (χ3v) is 8.84. The molecule has 46 heavy (non-hydrogen) atoms. The van der Waals surface area contributed by atoms with Gasteiger partial charge in [-0.2, -0.15) is 0 Å². The van der Waals surface area contributed by atoms with Crippen molar-refractivity contribution >= 4 is 62.8 Å². The average molecular weight is 662 g/mol. The number of nitrogens with zero attached hydrogens (tertiary/aromatic N) is 2. The normalized spacial score (nSPS) is 14.1. The van der Waals surface area contributed by atoms with Crippen molar-refractivity contribution in [2.75, 3.05) is 23.3 Å². The highest BCUT2D eigenvalue weighted by molar-refractivity contribution is 7.17. The molecule has 0 aliphatic carbocycles. The highest BCUT2D eigenvalue weighted by atomic mass is 35.5. The summed E-state index contributed by atoms with van der Waals surface area (Å²) in [4.78, 5) is 33.3. The van der Waals surface area contributed by atoms with Crippen LogP contribution < -0.4 is 21.3 Å². The van der Waals surface area contributed by atoms with E-state index >= 15 is 0 Å². The first-order chi connectivity index (χ1) is 22.0. The van der Waals surface area contributed by atoms with E-state index in [0.29, 0.717) is 38.1 Å². The van der Waals surface area contributed by atoms with Gasteiger partial charge < -0.3 is 26.6 Å². The number of anilines is 2. The van der Waals surface area contributed by atoms with E-state index in [-0.39, 0.29) is 56.7 Å². The standard InChI is InChI=1S/C33H36ClN7O4S/c1-18-19(2)46-33-30(18)31(21-6-8-24(34)9-7-21)40-27(32(37)41(33)20(3)36)15-29(45)38-12-10-28(44)39-25-13-22(16-42)26(5-4-11-35)23(14-25)17-43/h6-9,13-14,27,36-37,42-43H,10-12,15-17,35H2,1-3H3,(H,38,45)(H,39,44)/t27-/m0/s1. The van der Waals surface area contributed by atoms with Crippen LogP contribution in [-0.4, -0.2) is 58.5 Å². The summed E-state index contributed by atoms with van der Waals surface area (Å²) in [5, 5.41) is 43.8. The van der Waals surface area contributed by atoms with Crippen molar-refractivity contribution in [3.05, 3.63) is 79.7 Å². The zero-order chi connectivity index (χ0) is 33.5. The van der Waals surface area contributed by atoms with Crippen molar-refractivity contribution in [1.82, 2.24) is 5.32 Å². The number of aryl methyl sites for hydroxylation is 1. The van der Waals surface area contributed by atoms with Gasteiger partial charge in [-0.1, -0.05) is 35.6 Å². The van der Waals surface area contributed by atoms with Crippen LogP contribution in [0, 0.1) is 36.5 Å². The maximum Gasteiger partial charge on any atom is 0.226 e.